The molecule has 1 nitrogen and oxygen atoms in total. The molecule has 2 aromatic rings. The number of rotatable bonds is 3. The van der Waals surface area contributed by atoms with E-state index in [-0.39, 0.29) is 18.6 Å². The van der Waals surface area contributed by atoms with E-state index < -0.39 is 0 Å². The quantitative estimate of drug-likeness (QED) is 0.770. The Morgan fingerprint density at radius 3 is 1.45 bits per heavy atom. The summed E-state index contributed by atoms with van der Waals surface area (Å²) >= 11 is 0. The smallest absolute Gasteiger partial charge is 0 e. The van der Waals surface area contributed by atoms with Gasteiger partial charge in [0.15, 0.2) is 0 Å². The second-order valence-electron chi connectivity index (χ2n) is 5.49. The summed E-state index contributed by atoms with van der Waals surface area (Å²) in [4.78, 5) is 2.25. The first-order valence-corrected chi connectivity index (χ1v) is 6.98. The molecule has 0 heterocycles. The summed E-state index contributed by atoms with van der Waals surface area (Å²) in [5, 5.41) is 0. The molecule has 0 aromatic heterocycles. The van der Waals surface area contributed by atoms with Gasteiger partial charge in [0.1, 0.15) is 0 Å². The van der Waals surface area contributed by atoms with Gasteiger partial charge in [-0.25, -0.2) is 0 Å². The van der Waals surface area contributed by atoms with Crippen LogP contribution in [0.15, 0.2) is 30.3 Å². The van der Waals surface area contributed by atoms with E-state index in [2.05, 4.69) is 46.7 Å². The van der Waals surface area contributed by atoms with E-state index in [4.69, 9.17) is 0 Å². The van der Waals surface area contributed by atoms with Crippen molar-refractivity contribution in [1.29, 1.82) is 0 Å². The van der Waals surface area contributed by atoms with Crippen molar-refractivity contribution in [3.63, 3.8) is 0 Å². The molecule has 0 saturated heterocycles. The number of hydrogen-bond donors (Lipinski definition) is 0. The van der Waals surface area contributed by atoms with Crippen molar-refractivity contribution in [2.75, 3.05) is 20.6 Å². The average molecular weight is 308 g/mol. The van der Waals surface area contributed by atoms with Crippen LogP contribution in [0.2, 0.25) is 0 Å². The third-order valence-corrected chi connectivity index (χ3v) is 3.96. The van der Waals surface area contributed by atoms with Crippen LogP contribution in [-0.2, 0) is 25.0 Å². The van der Waals surface area contributed by atoms with Gasteiger partial charge in [0, 0.05) is 18.6 Å². The van der Waals surface area contributed by atoms with E-state index >= 15 is 0 Å². The van der Waals surface area contributed by atoms with Gasteiger partial charge in [-0.1, -0.05) is 34.1 Å². The van der Waals surface area contributed by atoms with Gasteiger partial charge in [-0.2, -0.15) is 22.3 Å². The largest absolute Gasteiger partial charge is 0.748 e. The molecule has 0 aliphatic heterocycles. The summed E-state index contributed by atoms with van der Waals surface area (Å²) in [6.07, 6.45) is 1.18. The van der Waals surface area contributed by atoms with Gasteiger partial charge >= 0.3 is 0 Å². The first-order chi connectivity index (χ1) is 8.95. The van der Waals surface area contributed by atoms with Crippen molar-refractivity contribution >= 4 is 0 Å². The number of hydrogen-bond acceptors (Lipinski definition) is 1. The van der Waals surface area contributed by atoms with Crippen LogP contribution in [-0.4, -0.2) is 25.5 Å². The first-order valence-electron chi connectivity index (χ1n) is 6.98. The van der Waals surface area contributed by atoms with Gasteiger partial charge in [-0.3, -0.25) is 0 Å². The Kier molecular flexibility index (Phi) is 8.88. The van der Waals surface area contributed by atoms with Crippen molar-refractivity contribution < 1.29 is 18.6 Å². The Balaban J connectivity index is 0.000000507. The molecule has 115 valence electrons. The van der Waals surface area contributed by atoms with Gasteiger partial charge in [-0.15, -0.1) is 5.56 Å². The van der Waals surface area contributed by atoms with Gasteiger partial charge in [-0.05, 0) is 20.6 Å². The summed E-state index contributed by atoms with van der Waals surface area (Å²) in [5.41, 5.74) is 7.53. The van der Waals surface area contributed by atoms with E-state index in [0.717, 1.165) is 6.54 Å². The first kappa shape index (κ1) is 19.2. The van der Waals surface area contributed by atoms with Crippen molar-refractivity contribution in [2.24, 2.45) is 0 Å². The molecule has 0 N–H and O–H groups in total. The maximum absolute atomic E-state index is 2.25. The molecule has 0 fully saturated rings. The summed E-state index contributed by atoms with van der Waals surface area (Å²) in [7, 11) is 4.26. The number of nitrogens with zero attached hydrogens (tertiary/aromatic N) is 1. The van der Waals surface area contributed by atoms with E-state index in [0.29, 0.717) is 0 Å². The molecule has 0 atom stereocenters. The molecule has 2 rings (SSSR count). The fourth-order valence-electron chi connectivity index (χ4n) is 2.33. The third kappa shape index (κ3) is 5.32. The Hall–Kier alpha value is -0.756. The molecular formula is C18H27NV-6. The molecule has 20 heavy (non-hydrogen) atoms. The zero-order chi connectivity index (χ0) is 14.4. The van der Waals surface area contributed by atoms with Crippen molar-refractivity contribution in [1.82, 2.24) is 4.90 Å². The fourth-order valence-corrected chi connectivity index (χ4v) is 2.33. The Morgan fingerprint density at radius 1 is 0.800 bits per heavy atom. The normalized spacial score (nSPS) is 9.95. The minimum absolute atomic E-state index is 0. The fraction of sp³-hybridized carbons (Fsp3) is 0.444. The standard InChI is InChI=1S/C13H22N.C5H5.V/c1-9-10(2)12(4)13(11(9)3)7-8-14(5)6;1-2-4-5-3-1;/h7-8H2,1-6H3;1-5H;/q-1;-5;. The van der Waals surface area contributed by atoms with E-state index in [9.17, 15) is 0 Å². The minimum Gasteiger partial charge on any atom is -0.748 e. The maximum atomic E-state index is 2.25. The molecule has 0 aliphatic carbocycles. The van der Waals surface area contributed by atoms with Crippen molar-refractivity contribution in [2.45, 2.75) is 34.1 Å². The molecule has 0 unspecified atom stereocenters. The van der Waals surface area contributed by atoms with Gasteiger partial charge < -0.3 is 35.2 Å². The molecule has 1 radical (unpaired) electrons. The molecule has 0 spiro atoms. The predicted molar refractivity (Wildman–Crippen MR) is 85.3 cm³/mol. The second kappa shape index (κ2) is 9.23. The zero-order valence-electron chi connectivity index (χ0n) is 13.7. The molecule has 2 heteroatoms. The van der Waals surface area contributed by atoms with Crippen LogP contribution in [0.25, 0.3) is 0 Å². The van der Waals surface area contributed by atoms with Crippen molar-refractivity contribution in [3.8, 4) is 0 Å². The zero-order valence-corrected chi connectivity index (χ0v) is 15.1. The van der Waals surface area contributed by atoms with Crippen LogP contribution in [0.5, 0.6) is 0 Å². The summed E-state index contributed by atoms with van der Waals surface area (Å²) in [6, 6.07) is 10.0. The average Bonchev–Trinajstić information content (AvgIpc) is 2.99. The van der Waals surface area contributed by atoms with E-state index in [1.54, 1.807) is 5.56 Å². The second-order valence-corrected chi connectivity index (χ2v) is 5.49. The van der Waals surface area contributed by atoms with E-state index in [1.165, 1.54) is 28.7 Å². The summed E-state index contributed by atoms with van der Waals surface area (Å²) < 4.78 is 0. The third-order valence-electron chi connectivity index (χ3n) is 3.96. The van der Waals surface area contributed by atoms with Crippen LogP contribution >= 0.6 is 0 Å². The molecule has 0 bridgehead atoms. The van der Waals surface area contributed by atoms with Crippen LogP contribution < -0.4 is 0 Å². The predicted octanol–water partition coefficient (Wildman–Crippen LogP) is 4.15. The molecule has 0 saturated carbocycles. The Morgan fingerprint density at radius 2 is 1.15 bits per heavy atom. The monoisotopic (exact) mass is 308 g/mol. The SMILES string of the molecule is Cc1c(C)c(C)[c-](CCN(C)C)c1C.[V].[cH-]1[cH-][cH-][cH-][cH-]1. The Bertz CT molecular complexity index is 435. The maximum Gasteiger partial charge on any atom is 0 e. The summed E-state index contributed by atoms with van der Waals surface area (Å²) in [5.74, 6) is 0. The Labute approximate surface area is 136 Å². The van der Waals surface area contributed by atoms with Crippen LogP contribution in [0.4, 0.5) is 0 Å². The van der Waals surface area contributed by atoms with E-state index in [1.807, 2.05) is 30.3 Å². The van der Waals surface area contributed by atoms with Crippen LogP contribution in [0.3, 0.4) is 0 Å². The molecular weight excluding hydrogens is 281 g/mol. The molecule has 0 aliphatic rings. The molecule has 2 aromatic carbocycles. The molecule has 0 amide bonds. The van der Waals surface area contributed by atoms with Crippen LogP contribution in [0, 0.1) is 27.7 Å². The van der Waals surface area contributed by atoms with Crippen molar-refractivity contribution in [3.05, 3.63) is 58.1 Å². The summed E-state index contributed by atoms with van der Waals surface area (Å²) in [6.45, 7) is 10.1. The van der Waals surface area contributed by atoms with Gasteiger partial charge in [0.25, 0.3) is 0 Å². The van der Waals surface area contributed by atoms with Gasteiger partial charge in [0.2, 0.25) is 0 Å². The topological polar surface area (TPSA) is 3.24 Å². The van der Waals surface area contributed by atoms with Gasteiger partial charge in [0.05, 0.1) is 0 Å². The minimum atomic E-state index is 0. The number of likely N-dealkylation sites (N-methyl/N-ethyl adjacent to an activating group) is 1. The van der Waals surface area contributed by atoms with Crippen LogP contribution in [0.1, 0.15) is 27.8 Å².